The van der Waals surface area contributed by atoms with Crippen molar-refractivity contribution in [3.05, 3.63) is 47.3 Å². The summed E-state index contributed by atoms with van der Waals surface area (Å²) in [6.45, 7) is 1.09. The second-order valence-corrected chi connectivity index (χ2v) is 6.78. The highest BCUT2D eigenvalue weighted by molar-refractivity contribution is 7.87. The van der Waals surface area contributed by atoms with Gasteiger partial charge in [-0.25, -0.2) is 0 Å². The molecular weight excluding hydrogens is 278 g/mol. The molecular formula is C14H17NO2S2. The maximum absolute atomic E-state index is 11.9. The van der Waals surface area contributed by atoms with Crippen LogP contribution in [0.25, 0.3) is 0 Å². The van der Waals surface area contributed by atoms with Gasteiger partial charge < -0.3 is 10.5 Å². The van der Waals surface area contributed by atoms with Crippen molar-refractivity contribution in [3.63, 3.8) is 0 Å². The van der Waals surface area contributed by atoms with Crippen LogP contribution >= 0.6 is 11.3 Å². The van der Waals surface area contributed by atoms with Gasteiger partial charge in [0.2, 0.25) is 0 Å². The molecule has 2 rings (SSSR count). The minimum Gasteiger partial charge on any atom is -0.494 e. The largest absolute Gasteiger partial charge is 0.494 e. The Labute approximate surface area is 119 Å². The Bertz CT molecular complexity index is 526. The maximum atomic E-state index is 11.9. The van der Waals surface area contributed by atoms with Gasteiger partial charge in [-0.3, -0.25) is 4.21 Å². The van der Waals surface area contributed by atoms with Gasteiger partial charge in [0.1, 0.15) is 5.75 Å². The van der Waals surface area contributed by atoms with Gasteiger partial charge in [-0.2, -0.15) is 0 Å². The molecule has 2 aromatic rings. The third kappa shape index (κ3) is 4.45. The first-order chi connectivity index (χ1) is 9.29. The van der Waals surface area contributed by atoms with Crippen LogP contribution in [0.5, 0.6) is 5.75 Å². The Morgan fingerprint density at radius 1 is 1.26 bits per heavy atom. The Hall–Kier alpha value is -1.17. The maximum Gasteiger partial charge on any atom is 0.119 e. The summed E-state index contributed by atoms with van der Waals surface area (Å²) in [6.07, 6.45) is 0.775. The molecule has 1 aromatic heterocycles. The van der Waals surface area contributed by atoms with Crippen LogP contribution in [0.2, 0.25) is 0 Å². The molecule has 2 N–H and O–H groups in total. The van der Waals surface area contributed by atoms with E-state index in [1.54, 1.807) is 0 Å². The van der Waals surface area contributed by atoms with Crippen LogP contribution < -0.4 is 10.5 Å². The molecule has 19 heavy (non-hydrogen) atoms. The van der Waals surface area contributed by atoms with Crippen LogP contribution in [0, 0.1) is 0 Å². The SMILES string of the molecule is NCc1cccc(OCCCS(=O)c2cccs2)c1. The van der Waals surface area contributed by atoms with Crippen molar-refractivity contribution in [1.82, 2.24) is 0 Å². The fourth-order valence-corrected chi connectivity index (χ4v) is 3.74. The van der Waals surface area contributed by atoms with E-state index in [4.69, 9.17) is 10.5 Å². The van der Waals surface area contributed by atoms with Gasteiger partial charge >= 0.3 is 0 Å². The molecule has 0 saturated heterocycles. The summed E-state index contributed by atoms with van der Waals surface area (Å²) in [5.41, 5.74) is 6.63. The highest BCUT2D eigenvalue weighted by Gasteiger charge is 2.04. The Balaban J connectivity index is 1.73. The average molecular weight is 295 g/mol. The van der Waals surface area contributed by atoms with Crippen molar-refractivity contribution < 1.29 is 8.95 Å². The number of rotatable bonds is 7. The van der Waals surface area contributed by atoms with Crippen molar-refractivity contribution in [2.45, 2.75) is 17.2 Å². The van der Waals surface area contributed by atoms with Gasteiger partial charge in [-0.15, -0.1) is 11.3 Å². The number of benzene rings is 1. The van der Waals surface area contributed by atoms with Crippen LogP contribution in [-0.2, 0) is 17.3 Å². The van der Waals surface area contributed by atoms with Crippen LogP contribution in [-0.4, -0.2) is 16.6 Å². The fraction of sp³-hybridized carbons (Fsp3) is 0.286. The zero-order valence-corrected chi connectivity index (χ0v) is 12.2. The summed E-state index contributed by atoms with van der Waals surface area (Å²) in [5.74, 6) is 1.46. The summed E-state index contributed by atoms with van der Waals surface area (Å²) in [7, 11) is -0.898. The Morgan fingerprint density at radius 2 is 2.16 bits per heavy atom. The Kier molecular flexibility index (Phi) is 5.57. The number of hydrogen-bond donors (Lipinski definition) is 1. The molecule has 0 bridgehead atoms. The third-order valence-corrected chi connectivity index (χ3v) is 5.35. The van der Waals surface area contributed by atoms with E-state index in [1.165, 1.54) is 11.3 Å². The first kappa shape index (κ1) is 14.2. The van der Waals surface area contributed by atoms with Crippen molar-refractivity contribution >= 4 is 22.1 Å². The fourth-order valence-electron chi connectivity index (χ4n) is 1.64. The van der Waals surface area contributed by atoms with Crippen molar-refractivity contribution in [3.8, 4) is 5.75 Å². The van der Waals surface area contributed by atoms with E-state index < -0.39 is 10.8 Å². The summed E-state index contributed by atoms with van der Waals surface area (Å²) in [4.78, 5) is 0. The zero-order valence-electron chi connectivity index (χ0n) is 10.6. The first-order valence-electron chi connectivity index (χ1n) is 6.13. The standard InChI is InChI=1S/C14H17NO2S2/c15-11-12-4-1-5-13(10-12)17-7-3-9-19(16)14-6-2-8-18-14/h1-2,4-6,8,10H,3,7,9,11,15H2. The smallest absolute Gasteiger partial charge is 0.119 e. The van der Waals surface area contributed by atoms with Gasteiger partial charge in [0, 0.05) is 12.3 Å². The lowest BCUT2D eigenvalue weighted by Crippen LogP contribution is -2.04. The molecule has 3 nitrogen and oxygen atoms in total. The molecule has 102 valence electrons. The summed E-state index contributed by atoms with van der Waals surface area (Å²) in [5, 5.41) is 1.95. The van der Waals surface area contributed by atoms with Gasteiger partial charge in [0.05, 0.1) is 21.6 Å². The van der Waals surface area contributed by atoms with Crippen molar-refractivity contribution in [2.75, 3.05) is 12.4 Å². The van der Waals surface area contributed by atoms with Crippen molar-refractivity contribution in [2.24, 2.45) is 5.73 Å². The monoisotopic (exact) mass is 295 g/mol. The number of nitrogens with two attached hydrogens (primary N) is 1. The molecule has 0 amide bonds. The molecule has 0 spiro atoms. The van der Waals surface area contributed by atoms with Gasteiger partial charge in [-0.05, 0) is 35.6 Å². The van der Waals surface area contributed by atoms with Gasteiger partial charge in [-0.1, -0.05) is 18.2 Å². The first-order valence-corrected chi connectivity index (χ1v) is 8.33. The lowest BCUT2D eigenvalue weighted by molar-refractivity contribution is 0.318. The number of hydrogen-bond acceptors (Lipinski definition) is 4. The van der Waals surface area contributed by atoms with Crippen LogP contribution in [0.4, 0.5) is 0 Å². The summed E-state index contributed by atoms with van der Waals surface area (Å²) >= 11 is 1.54. The van der Waals surface area contributed by atoms with E-state index in [2.05, 4.69) is 0 Å². The van der Waals surface area contributed by atoms with Crippen LogP contribution in [0.15, 0.2) is 46.0 Å². The van der Waals surface area contributed by atoms with Gasteiger partial charge in [0.15, 0.2) is 0 Å². The predicted octanol–water partition coefficient (Wildman–Crippen LogP) is 2.78. The molecule has 0 radical (unpaired) electrons. The highest BCUT2D eigenvalue weighted by Crippen LogP contribution is 2.15. The van der Waals surface area contributed by atoms with E-state index in [1.807, 2.05) is 41.8 Å². The van der Waals surface area contributed by atoms with Crippen LogP contribution in [0.3, 0.4) is 0 Å². The minimum atomic E-state index is -0.898. The second kappa shape index (κ2) is 7.43. The number of ether oxygens (including phenoxy) is 1. The quantitative estimate of drug-likeness (QED) is 0.799. The molecule has 1 heterocycles. The van der Waals surface area contributed by atoms with E-state index in [0.29, 0.717) is 18.9 Å². The van der Waals surface area contributed by atoms with E-state index in [0.717, 1.165) is 21.9 Å². The second-order valence-electron chi connectivity index (χ2n) is 4.04. The highest BCUT2D eigenvalue weighted by atomic mass is 32.2. The molecule has 0 saturated carbocycles. The normalized spacial score (nSPS) is 12.3. The lowest BCUT2D eigenvalue weighted by Gasteiger charge is -2.07. The molecule has 0 aliphatic heterocycles. The lowest BCUT2D eigenvalue weighted by atomic mass is 10.2. The zero-order chi connectivity index (χ0) is 13.5. The van der Waals surface area contributed by atoms with Crippen LogP contribution in [0.1, 0.15) is 12.0 Å². The molecule has 0 aliphatic rings. The topological polar surface area (TPSA) is 52.3 Å². The molecule has 1 aromatic carbocycles. The Morgan fingerprint density at radius 3 is 2.89 bits per heavy atom. The van der Waals surface area contributed by atoms with E-state index in [9.17, 15) is 4.21 Å². The number of thiophene rings is 1. The molecule has 1 atom stereocenters. The van der Waals surface area contributed by atoms with E-state index in [-0.39, 0.29) is 0 Å². The molecule has 1 unspecified atom stereocenters. The average Bonchev–Trinajstić information content (AvgIpc) is 2.98. The third-order valence-electron chi connectivity index (χ3n) is 2.60. The van der Waals surface area contributed by atoms with Gasteiger partial charge in [0.25, 0.3) is 0 Å². The minimum absolute atomic E-state index is 0.513. The molecule has 5 heteroatoms. The van der Waals surface area contributed by atoms with E-state index >= 15 is 0 Å². The summed E-state index contributed by atoms with van der Waals surface area (Å²) in [6, 6.07) is 11.6. The molecule has 0 fully saturated rings. The molecule has 0 aliphatic carbocycles. The predicted molar refractivity (Wildman–Crippen MR) is 80.0 cm³/mol. The van der Waals surface area contributed by atoms with Crippen molar-refractivity contribution in [1.29, 1.82) is 0 Å². The summed E-state index contributed by atoms with van der Waals surface area (Å²) < 4.78 is 18.4.